The monoisotopic (exact) mass is 283 g/mol. The molecule has 3 atom stereocenters. The number of fused-ring (bicyclic) bond motifs is 1. The quantitative estimate of drug-likeness (QED) is 0.756. The molecule has 1 amide bonds. The fourth-order valence-electron chi connectivity index (χ4n) is 2.60. The van der Waals surface area contributed by atoms with E-state index in [1.54, 1.807) is 20.8 Å². The van der Waals surface area contributed by atoms with Gasteiger partial charge in [0.2, 0.25) is 0 Å². The third-order valence-corrected chi connectivity index (χ3v) is 3.36. The second-order valence-corrected chi connectivity index (χ2v) is 6.09. The number of carbonyl (C=O) groups is 2. The molecule has 6 nitrogen and oxygen atoms in total. The average molecular weight is 283 g/mol. The van der Waals surface area contributed by atoms with Crippen molar-refractivity contribution in [2.75, 3.05) is 19.8 Å². The molecule has 0 unspecified atom stereocenters. The Morgan fingerprint density at radius 2 is 2.15 bits per heavy atom. The Morgan fingerprint density at radius 3 is 2.75 bits per heavy atom. The van der Waals surface area contributed by atoms with E-state index in [1.165, 1.54) is 4.90 Å². The van der Waals surface area contributed by atoms with E-state index in [2.05, 4.69) is 0 Å². The lowest BCUT2D eigenvalue weighted by Crippen LogP contribution is -2.48. The maximum atomic E-state index is 12.2. The van der Waals surface area contributed by atoms with E-state index < -0.39 is 36.2 Å². The molecule has 1 saturated heterocycles. The predicted molar refractivity (Wildman–Crippen MR) is 71.2 cm³/mol. The van der Waals surface area contributed by atoms with E-state index in [9.17, 15) is 9.59 Å². The highest BCUT2D eigenvalue weighted by Crippen LogP contribution is 2.31. The van der Waals surface area contributed by atoms with Gasteiger partial charge in [-0.15, -0.1) is 0 Å². The van der Waals surface area contributed by atoms with Crippen LogP contribution in [0, 0.1) is 5.92 Å². The Morgan fingerprint density at radius 1 is 1.45 bits per heavy atom. The number of aliphatic hydroxyl groups is 1. The zero-order valence-electron chi connectivity index (χ0n) is 12.0. The molecular weight excluding hydrogens is 262 g/mol. The average Bonchev–Trinajstić information content (AvgIpc) is 2.75. The lowest BCUT2D eigenvalue weighted by molar-refractivity contribution is -0.130. The maximum Gasteiger partial charge on any atom is 0.411 e. The number of amides is 1. The molecule has 2 aliphatic rings. The standard InChI is InChI=1S/C14H21NO5/c1-14(2,3)20-13(18)15-7-9-5-4-6-19-12(9)11(15)10(17)8-16/h4-5,9,11-12,16H,6-8H2,1-3H3/t9-,11+,12+/m0/s1. The molecule has 6 heteroatoms. The van der Waals surface area contributed by atoms with Gasteiger partial charge in [-0.2, -0.15) is 0 Å². The Hall–Kier alpha value is -1.40. The summed E-state index contributed by atoms with van der Waals surface area (Å²) in [7, 11) is 0. The second-order valence-electron chi connectivity index (χ2n) is 6.09. The van der Waals surface area contributed by atoms with E-state index in [4.69, 9.17) is 14.6 Å². The zero-order valence-corrected chi connectivity index (χ0v) is 12.0. The summed E-state index contributed by atoms with van der Waals surface area (Å²) < 4.78 is 10.9. The number of hydrogen-bond acceptors (Lipinski definition) is 5. The van der Waals surface area contributed by atoms with E-state index in [0.29, 0.717) is 13.2 Å². The van der Waals surface area contributed by atoms with Crippen LogP contribution in [-0.2, 0) is 14.3 Å². The Balaban J connectivity index is 2.20. The van der Waals surface area contributed by atoms with E-state index in [1.807, 2.05) is 12.2 Å². The van der Waals surface area contributed by atoms with Gasteiger partial charge in [-0.25, -0.2) is 4.79 Å². The zero-order chi connectivity index (χ0) is 14.9. The fraction of sp³-hybridized carbons (Fsp3) is 0.714. The van der Waals surface area contributed by atoms with Gasteiger partial charge in [-0.3, -0.25) is 9.69 Å². The van der Waals surface area contributed by atoms with Crippen molar-refractivity contribution in [3.8, 4) is 0 Å². The maximum absolute atomic E-state index is 12.2. The molecule has 0 spiro atoms. The first-order chi connectivity index (χ1) is 9.33. The molecule has 112 valence electrons. The number of nitrogens with zero attached hydrogens (tertiary/aromatic N) is 1. The minimum absolute atomic E-state index is 0.0308. The van der Waals surface area contributed by atoms with Gasteiger partial charge in [0.15, 0.2) is 5.78 Å². The van der Waals surface area contributed by atoms with Crippen LogP contribution in [0.4, 0.5) is 4.79 Å². The normalized spacial score (nSPS) is 29.2. The lowest BCUT2D eigenvalue weighted by Gasteiger charge is -2.29. The van der Waals surface area contributed by atoms with Crippen LogP contribution in [-0.4, -0.2) is 59.4 Å². The summed E-state index contributed by atoms with van der Waals surface area (Å²) in [5.41, 5.74) is -0.631. The van der Waals surface area contributed by atoms with Gasteiger partial charge in [0.25, 0.3) is 0 Å². The van der Waals surface area contributed by atoms with Crippen LogP contribution in [0.15, 0.2) is 12.2 Å². The number of likely N-dealkylation sites (tertiary alicyclic amines) is 1. The molecule has 0 aromatic rings. The third kappa shape index (κ3) is 3.02. The van der Waals surface area contributed by atoms with Crippen molar-refractivity contribution in [3.05, 3.63) is 12.2 Å². The topological polar surface area (TPSA) is 76.1 Å². The lowest BCUT2D eigenvalue weighted by atomic mass is 9.97. The van der Waals surface area contributed by atoms with Crippen molar-refractivity contribution >= 4 is 11.9 Å². The Kier molecular flexibility index (Phi) is 4.15. The van der Waals surface area contributed by atoms with Gasteiger partial charge < -0.3 is 14.6 Å². The van der Waals surface area contributed by atoms with E-state index in [-0.39, 0.29) is 5.92 Å². The highest BCUT2D eigenvalue weighted by Gasteiger charge is 2.49. The highest BCUT2D eigenvalue weighted by atomic mass is 16.6. The van der Waals surface area contributed by atoms with Crippen LogP contribution in [0.5, 0.6) is 0 Å². The van der Waals surface area contributed by atoms with Crippen LogP contribution in [0.3, 0.4) is 0 Å². The van der Waals surface area contributed by atoms with Gasteiger partial charge in [0.05, 0.1) is 12.7 Å². The molecule has 1 N–H and O–H groups in total. The minimum atomic E-state index is -0.773. The van der Waals surface area contributed by atoms with Crippen LogP contribution >= 0.6 is 0 Å². The number of aliphatic hydroxyl groups excluding tert-OH is 1. The van der Waals surface area contributed by atoms with Gasteiger partial charge in [-0.05, 0) is 20.8 Å². The Bertz CT molecular complexity index is 426. The van der Waals surface area contributed by atoms with Gasteiger partial charge in [-0.1, -0.05) is 12.2 Å². The summed E-state index contributed by atoms with van der Waals surface area (Å²) in [6.07, 6.45) is 2.89. The summed E-state index contributed by atoms with van der Waals surface area (Å²) in [6.45, 7) is 5.49. The van der Waals surface area contributed by atoms with Crippen molar-refractivity contribution in [2.45, 2.75) is 38.5 Å². The molecule has 0 aromatic carbocycles. The predicted octanol–water partition coefficient (Wildman–Crippen LogP) is 0.738. The Labute approximate surface area is 118 Å². The summed E-state index contributed by atoms with van der Waals surface area (Å²) in [5, 5.41) is 9.12. The molecule has 0 bridgehead atoms. The number of rotatable bonds is 2. The molecule has 1 fully saturated rings. The number of carbonyl (C=O) groups excluding carboxylic acids is 2. The van der Waals surface area contributed by atoms with E-state index in [0.717, 1.165) is 0 Å². The van der Waals surface area contributed by atoms with Crippen molar-refractivity contribution in [1.29, 1.82) is 0 Å². The molecule has 0 aliphatic carbocycles. The first-order valence-electron chi connectivity index (χ1n) is 6.75. The van der Waals surface area contributed by atoms with Crippen molar-refractivity contribution in [2.24, 2.45) is 5.92 Å². The summed E-state index contributed by atoms with van der Waals surface area (Å²) in [5.74, 6) is -0.449. The number of hydrogen-bond donors (Lipinski definition) is 1. The van der Waals surface area contributed by atoms with Gasteiger partial charge >= 0.3 is 6.09 Å². The van der Waals surface area contributed by atoms with Gasteiger partial charge in [0.1, 0.15) is 18.2 Å². The summed E-state index contributed by atoms with van der Waals surface area (Å²) in [4.78, 5) is 25.5. The molecule has 0 saturated carbocycles. The van der Waals surface area contributed by atoms with Crippen molar-refractivity contribution in [3.63, 3.8) is 0 Å². The SMILES string of the molecule is CC(C)(C)OC(=O)N1C[C@@H]2C=CCO[C@H]2[C@H]1C(=O)CO. The van der Waals surface area contributed by atoms with Crippen LogP contribution in [0.25, 0.3) is 0 Å². The summed E-state index contributed by atoms with van der Waals surface area (Å²) in [6, 6.07) is -0.773. The first-order valence-corrected chi connectivity index (χ1v) is 6.75. The van der Waals surface area contributed by atoms with Crippen molar-refractivity contribution in [1.82, 2.24) is 4.90 Å². The van der Waals surface area contributed by atoms with Crippen LogP contribution in [0.2, 0.25) is 0 Å². The molecule has 2 rings (SSSR count). The molecule has 0 aromatic heterocycles. The number of Topliss-reactive ketones (excluding diaryl/α,β-unsaturated/α-hetero) is 1. The summed E-state index contributed by atoms with van der Waals surface area (Å²) >= 11 is 0. The molecular formula is C14H21NO5. The molecule has 2 heterocycles. The van der Waals surface area contributed by atoms with Crippen LogP contribution < -0.4 is 0 Å². The van der Waals surface area contributed by atoms with E-state index >= 15 is 0 Å². The van der Waals surface area contributed by atoms with Gasteiger partial charge in [0, 0.05) is 12.5 Å². The first kappa shape index (κ1) is 15.0. The number of ketones is 1. The van der Waals surface area contributed by atoms with Crippen LogP contribution in [0.1, 0.15) is 20.8 Å². The molecule has 0 radical (unpaired) electrons. The van der Waals surface area contributed by atoms with Crippen molar-refractivity contribution < 1.29 is 24.2 Å². The molecule has 2 aliphatic heterocycles. The second kappa shape index (κ2) is 5.54. The third-order valence-electron chi connectivity index (χ3n) is 3.36. The smallest absolute Gasteiger partial charge is 0.411 e. The number of ether oxygens (including phenoxy) is 2. The highest BCUT2D eigenvalue weighted by molar-refractivity contribution is 5.89. The largest absolute Gasteiger partial charge is 0.444 e. The molecule has 20 heavy (non-hydrogen) atoms. The minimum Gasteiger partial charge on any atom is -0.444 e. The fourth-order valence-corrected chi connectivity index (χ4v) is 2.60.